The fraction of sp³-hybridized carbons (Fsp3) is 0.167. The summed E-state index contributed by atoms with van der Waals surface area (Å²) in [6, 6.07) is 6.52. The molecule has 0 aliphatic heterocycles. The molecule has 6 nitrogen and oxygen atoms in total. The minimum Gasteiger partial charge on any atom is -0.370 e. The first-order chi connectivity index (χ1) is 9.53. The molecule has 0 saturated carbocycles. The fourth-order valence-corrected chi connectivity index (χ4v) is 2.93. The summed E-state index contributed by atoms with van der Waals surface area (Å²) in [6.45, 7) is 2.66. The normalized spacial score (nSPS) is 11.1. The van der Waals surface area contributed by atoms with Crippen molar-refractivity contribution in [3.8, 4) is 0 Å². The lowest BCUT2D eigenvalue weighted by molar-refractivity contribution is 0.600. The van der Waals surface area contributed by atoms with Gasteiger partial charge in [0, 0.05) is 18.9 Å². The third-order valence-electron chi connectivity index (χ3n) is 2.39. The number of sulfonamides is 1. The molecule has 0 aromatic carbocycles. The summed E-state index contributed by atoms with van der Waals surface area (Å²) in [5.74, 6) is 0.869. The predicted molar refractivity (Wildman–Crippen MR) is 81.1 cm³/mol. The first-order valence-electron chi connectivity index (χ1n) is 5.86. The highest BCUT2D eigenvalue weighted by molar-refractivity contribution is 9.10. The molecule has 2 aromatic rings. The summed E-state index contributed by atoms with van der Waals surface area (Å²) in [5.41, 5.74) is 0. The van der Waals surface area contributed by atoms with E-state index in [2.05, 4.69) is 35.9 Å². The van der Waals surface area contributed by atoms with E-state index in [-0.39, 0.29) is 10.7 Å². The number of nitrogens with zero attached hydrogens (tertiary/aromatic N) is 2. The van der Waals surface area contributed by atoms with Gasteiger partial charge in [-0.25, -0.2) is 18.4 Å². The average Bonchev–Trinajstić information content (AvgIpc) is 2.42. The molecule has 2 N–H and O–H groups in total. The highest BCUT2D eigenvalue weighted by atomic mass is 79.9. The molecule has 2 aromatic heterocycles. The van der Waals surface area contributed by atoms with Gasteiger partial charge in [-0.2, -0.15) is 0 Å². The van der Waals surface area contributed by atoms with E-state index >= 15 is 0 Å². The molecular weight excluding hydrogens is 344 g/mol. The molecule has 0 aliphatic rings. The molecule has 0 bridgehead atoms. The van der Waals surface area contributed by atoms with Gasteiger partial charge < -0.3 is 5.32 Å². The zero-order chi connectivity index (χ0) is 14.6. The van der Waals surface area contributed by atoms with Crippen LogP contribution in [0.5, 0.6) is 0 Å². The van der Waals surface area contributed by atoms with E-state index in [0.29, 0.717) is 10.3 Å². The largest absolute Gasteiger partial charge is 0.370 e. The summed E-state index contributed by atoms with van der Waals surface area (Å²) in [6.07, 6.45) is 2.81. The van der Waals surface area contributed by atoms with E-state index in [0.717, 1.165) is 6.54 Å². The van der Waals surface area contributed by atoms with Crippen LogP contribution < -0.4 is 10.0 Å². The van der Waals surface area contributed by atoms with E-state index in [1.165, 1.54) is 18.5 Å². The number of nitrogens with one attached hydrogen (secondary N) is 2. The second kappa shape index (κ2) is 6.19. The molecule has 0 unspecified atom stereocenters. The third kappa shape index (κ3) is 3.45. The van der Waals surface area contributed by atoms with Crippen molar-refractivity contribution in [2.45, 2.75) is 11.8 Å². The Kier molecular flexibility index (Phi) is 4.56. The number of pyridine rings is 2. The number of hydrogen-bond donors (Lipinski definition) is 2. The summed E-state index contributed by atoms with van der Waals surface area (Å²) in [7, 11) is -3.70. The minimum absolute atomic E-state index is 0.0803. The van der Waals surface area contributed by atoms with Gasteiger partial charge in [-0.15, -0.1) is 0 Å². The number of hydrogen-bond acceptors (Lipinski definition) is 5. The maximum atomic E-state index is 12.2. The third-order valence-corrected chi connectivity index (χ3v) is 4.36. The van der Waals surface area contributed by atoms with Crippen LogP contribution in [-0.2, 0) is 10.0 Å². The van der Waals surface area contributed by atoms with Crippen molar-refractivity contribution in [3.63, 3.8) is 0 Å². The molecule has 2 rings (SSSR count). The van der Waals surface area contributed by atoms with Crippen LogP contribution in [0.3, 0.4) is 0 Å². The molecule has 0 fully saturated rings. The van der Waals surface area contributed by atoms with Gasteiger partial charge in [0.15, 0.2) is 5.82 Å². The summed E-state index contributed by atoms with van der Waals surface area (Å²) in [4.78, 5) is 8.08. The van der Waals surface area contributed by atoms with Crippen molar-refractivity contribution in [2.75, 3.05) is 16.6 Å². The number of aromatic nitrogens is 2. The predicted octanol–water partition coefficient (Wildman–Crippen LogP) is 2.47. The standard InChI is InChI=1S/C12H13BrN4O2S/c1-2-14-11-6-5-9(8-16-11)20(18,19)17-12-10(13)4-3-7-15-12/h3-8H,2H2,1H3,(H,14,16)(H,15,17). The molecule has 0 atom stereocenters. The average molecular weight is 357 g/mol. The van der Waals surface area contributed by atoms with Crippen LogP contribution in [0.4, 0.5) is 11.6 Å². The van der Waals surface area contributed by atoms with Crippen molar-refractivity contribution in [1.29, 1.82) is 0 Å². The van der Waals surface area contributed by atoms with Gasteiger partial charge >= 0.3 is 0 Å². The van der Waals surface area contributed by atoms with E-state index in [9.17, 15) is 8.42 Å². The topological polar surface area (TPSA) is 84.0 Å². The van der Waals surface area contributed by atoms with E-state index in [1.807, 2.05) is 6.92 Å². The second-order valence-electron chi connectivity index (χ2n) is 3.85. The Morgan fingerprint density at radius 3 is 2.65 bits per heavy atom. The SMILES string of the molecule is CCNc1ccc(S(=O)(=O)Nc2ncccc2Br)cn1. The fourth-order valence-electron chi connectivity index (χ4n) is 1.47. The van der Waals surface area contributed by atoms with Crippen LogP contribution >= 0.6 is 15.9 Å². The molecule has 0 spiro atoms. The monoisotopic (exact) mass is 356 g/mol. The van der Waals surface area contributed by atoms with Crippen molar-refractivity contribution in [1.82, 2.24) is 9.97 Å². The lowest BCUT2D eigenvalue weighted by Gasteiger charge is -2.09. The maximum absolute atomic E-state index is 12.2. The van der Waals surface area contributed by atoms with Crippen LogP contribution in [-0.4, -0.2) is 24.9 Å². The van der Waals surface area contributed by atoms with Gasteiger partial charge in [-0.05, 0) is 47.1 Å². The summed E-state index contributed by atoms with van der Waals surface area (Å²) < 4.78 is 27.4. The quantitative estimate of drug-likeness (QED) is 0.859. The smallest absolute Gasteiger partial charge is 0.264 e. The summed E-state index contributed by atoms with van der Waals surface area (Å²) >= 11 is 3.24. The lowest BCUT2D eigenvalue weighted by Crippen LogP contribution is -2.14. The Hall–Kier alpha value is -1.67. The Labute approximate surface area is 125 Å². The van der Waals surface area contributed by atoms with Crippen LogP contribution in [0.25, 0.3) is 0 Å². The van der Waals surface area contributed by atoms with Crippen molar-refractivity contribution < 1.29 is 8.42 Å². The van der Waals surface area contributed by atoms with Gasteiger partial charge in [0.05, 0.1) is 4.47 Å². The van der Waals surface area contributed by atoms with Crippen LogP contribution in [0, 0.1) is 0 Å². The first-order valence-corrected chi connectivity index (χ1v) is 8.14. The number of anilines is 2. The zero-order valence-corrected chi connectivity index (χ0v) is 13.1. The molecule has 2 heterocycles. The maximum Gasteiger partial charge on any atom is 0.264 e. The Morgan fingerprint density at radius 2 is 2.05 bits per heavy atom. The van der Waals surface area contributed by atoms with Gasteiger partial charge in [0.1, 0.15) is 10.7 Å². The highest BCUT2D eigenvalue weighted by Crippen LogP contribution is 2.22. The Bertz CT molecular complexity index is 689. The van der Waals surface area contributed by atoms with E-state index in [1.54, 1.807) is 18.2 Å². The van der Waals surface area contributed by atoms with Gasteiger partial charge in [-0.1, -0.05) is 0 Å². The van der Waals surface area contributed by atoms with Gasteiger partial charge in [0.25, 0.3) is 10.0 Å². The Morgan fingerprint density at radius 1 is 1.25 bits per heavy atom. The van der Waals surface area contributed by atoms with Crippen molar-refractivity contribution in [2.24, 2.45) is 0 Å². The lowest BCUT2D eigenvalue weighted by atomic mass is 10.4. The van der Waals surface area contributed by atoms with Crippen molar-refractivity contribution in [3.05, 3.63) is 41.1 Å². The molecule has 106 valence electrons. The summed E-state index contributed by atoms with van der Waals surface area (Å²) in [5, 5.41) is 3.00. The van der Waals surface area contributed by atoms with Gasteiger partial charge in [-0.3, -0.25) is 4.72 Å². The van der Waals surface area contributed by atoms with Crippen molar-refractivity contribution >= 4 is 37.6 Å². The Balaban J connectivity index is 2.24. The van der Waals surface area contributed by atoms with Gasteiger partial charge in [0.2, 0.25) is 0 Å². The van der Waals surface area contributed by atoms with Crippen LogP contribution in [0.2, 0.25) is 0 Å². The molecule has 8 heteroatoms. The molecule has 0 aliphatic carbocycles. The molecule has 0 saturated heterocycles. The molecule has 0 radical (unpaired) electrons. The van der Waals surface area contributed by atoms with E-state index in [4.69, 9.17) is 0 Å². The molecular formula is C12H13BrN4O2S. The van der Waals surface area contributed by atoms with E-state index < -0.39 is 10.0 Å². The second-order valence-corrected chi connectivity index (χ2v) is 6.39. The van der Waals surface area contributed by atoms with Crippen LogP contribution in [0.15, 0.2) is 46.0 Å². The molecule has 20 heavy (non-hydrogen) atoms. The number of rotatable bonds is 5. The number of halogens is 1. The first kappa shape index (κ1) is 14.7. The zero-order valence-electron chi connectivity index (χ0n) is 10.7. The minimum atomic E-state index is -3.70. The molecule has 0 amide bonds. The highest BCUT2D eigenvalue weighted by Gasteiger charge is 2.16. The van der Waals surface area contributed by atoms with Crippen LogP contribution in [0.1, 0.15) is 6.92 Å².